The molecule has 1 saturated heterocycles. The van der Waals surface area contributed by atoms with Crippen molar-refractivity contribution in [2.24, 2.45) is 0 Å². The lowest BCUT2D eigenvalue weighted by molar-refractivity contribution is -0.128. The summed E-state index contributed by atoms with van der Waals surface area (Å²) in [6, 6.07) is 11.3. The molecule has 1 aromatic rings. The molecule has 3 heteroatoms. The van der Waals surface area contributed by atoms with Crippen molar-refractivity contribution >= 4 is 5.91 Å². The highest BCUT2D eigenvalue weighted by molar-refractivity contribution is 5.83. The zero-order valence-corrected chi connectivity index (χ0v) is 12.2. The van der Waals surface area contributed by atoms with E-state index in [0.29, 0.717) is 12.0 Å². The van der Waals surface area contributed by atoms with Crippen LogP contribution in [-0.4, -0.2) is 36.5 Å². The van der Waals surface area contributed by atoms with Gasteiger partial charge in [-0.3, -0.25) is 4.79 Å². The normalized spacial score (nSPS) is 30.8. The van der Waals surface area contributed by atoms with Gasteiger partial charge in [0, 0.05) is 19.6 Å². The first-order chi connectivity index (χ1) is 9.75. The van der Waals surface area contributed by atoms with Crippen LogP contribution in [0.3, 0.4) is 0 Å². The smallest absolute Gasteiger partial charge is 0.239 e. The number of rotatable bonds is 3. The monoisotopic (exact) mass is 272 g/mol. The van der Waals surface area contributed by atoms with Crippen molar-refractivity contribution in [1.29, 1.82) is 0 Å². The second-order valence-corrected chi connectivity index (χ2v) is 6.18. The fraction of sp³-hybridized carbons (Fsp3) is 0.588. The maximum Gasteiger partial charge on any atom is 0.239 e. The van der Waals surface area contributed by atoms with Gasteiger partial charge in [0.25, 0.3) is 0 Å². The van der Waals surface area contributed by atoms with Gasteiger partial charge in [0.2, 0.25) is 5.91 Å². The van der Waals surface area contributed by atoms with E-state index in [1.165, 1.54) is 31.2 Å². The maximum atomic E-state index is 12.1. The lowest BCUT2D eigenvalue weighted by Crippen LogP contribution is -2.46. The minimum atomic E-state index is 0.0364. The van der Waals surface area contributed by atoms with Crippen LogP contribution in [0, 0.1) is 0 Å². The molecule has 108 valence electrons. The SMILES string of the molecule is CN1CCC(NC2CCCCC2c2ccccc2)C1=O. The summed E-state index contributed by atoms with van der Waals surface area (Å²) in [4.78, 5) is 13.9. The van der Waals surface area contributed by atoms with Crippen molar-refractivity contribution in [2.75, 3.05) is 13.6 Å². The van der Waals surface area contributed by atoms with Crippen LogP contribution in [0.2, 0.25) is 0 Å². The van der Waals surface area contributed by atoms with E-state index >= 15 is 0 Å². The maximum absolute atomic E-state index is 12.1. The minimum absolute atomic E-state index is 0.0364. The first-order valence-corrected chi connectivity index (χ1v) is 7.81. The summed E-state index contributed by atoms with van der Waals surface area (Å²) in [5.41, 5.74) is 1.42. The third-order valence-electron chi connectivity index (χ3n) is 4.84. The lowest BCUT2D eigenvalue weighted by Gasteiger charge is -2.34. The Hall–Kier alpha value is -1.35. The highest BCUT2D eigenvalue weighted by atomic mass is 16.2. The van der Waals surface area contributed by atoms with Crippen LogP contribution in [0.1, 0.15) is 43.6 Å². The second kappa shape index (κ2) is 5.96. The van der Waals surface area contributed by atoms with Crippen molar-refractivity contribution in [3.05, 3.63) is 35.9 Å². The number of likely N-dealkylation sites (N-methyl/N-ethyl adjacent to an activating group) is 1. The molecule has 2 aliphatic rings. The van der Waals surface area contributed by atoms with E-state index in [2.05, 4.69) is 35.6 Å². The molecular formula is C17H24N2O. The van der Waals surface area contributed by atoms with Gasteiger partial charge in [-0.25, -0.2) is 0 Å². The Morgan fingerprint density at radius 1 is 1.10 bits per heavy atom. The molecule has 1 aromatic carbocycles. The molecule has 3 atom stereocenters. The summed E-state index contributed by atoms with van der Waals surface area (Å²) in [6.45, 7) is 0.888. The molecule has 0 radical (unpaired) electrons. The molecule has 2 fully saturated rings. The number of nitrogens with one attached hydrogen (secondary N) is 1. The zero-order chi connectivity index (χ0) is 13.9. The number of carbonyl (C=O) groups excluding carboxylic acids is 1. The molecule has 0 spiro atoms. The highest BCUT2D eigenvalue weighted by Crippen LogP contribution is 2.33. The molecule has 1 saturated carbocycles. The third-order valence-corrected chi connectivity index (χ3v) is 4.84. The van der Waals surface area contributed by atoms with Crippen LogP contribution in [0.15, 0.2) is 30.3 Å². The van der Waals surface area contributed by atoms with Gasteiger partial charge in [-0.15, -0.1) is 0 Å². The quantitative estimate of drug-likeness (QED) is 0.917. The van der Waals surface area contributed by atoms with Gasteiger partial charge in [0.15, 0.2) is 0 Å². The second-order valence-electron chi connectivity index (χ2n) is 6.18. The molecule has 3 nitrogen and oxygen atoms in total. The van der Waals surface area contributed by atoms with Gasteiger partial charge in [-0.2, -0.15) is 0 Å². The molecule has 1 amide bonds. The molecule has 1 N–H and O–H groups in total. The van der Waals surface area contributed by atoms with Crippen LogP contribution >= 0.6 is 0 Å². The number of hydrogen-bond donors (Lipinski definition) is 1. The van der Waals surface area contributed by atoms with E-state index in [1.807, 2.05) is 11.9 Å². The Morgan fingerprint density at radius 3 is 2.55 bits per heavy atom. The van der Waals surface area contributed by atoms with E-state index in [4.69, 9.17) is 0 Å². The number of amides is 1. The van der Waals surface area contributed by atoms with Gasteiger partial charge < -0.3 is 10.2 Å². The van der Waals surface area contributed by atoms with Gasteiger partial charge in [-0.1, -0.05) is 43.2 Å². The Bertz CT molecular complexity index is 459. The van der Waals surface area contributed by atoms with Crippen molar-refractivity contribution in [3.63, 3.8) is 0 Å². The van der Waals surface area contributed by atoms with E-state index in [9.17, 15) is 4.79 Å². The van der Waals surface area contributed by atoms with E-state index in [0.717, 1.165) is 13.0 Å². The minimum Gasteiger partial charge on any atom is -0.344 e. The summed E-state index contributed by atoms with van der Waals surface area (Å²) in [5.74, 6) is 0.825. The van der Waals surface area contributed by atoms with Gasteiger partial charge in [0.05, 0.1) is 6.04 Å². The van der Waals surface area contributed by atoms with Crippen molar-refractivity contribution in [2.45, 2.75) is 50.1 Å². The zero-order valence-electron chi connectivity index (χ0n) is 12.2. The van der Waals surface area contributed by atoms with Crippen LogP contribution in [-0.2, 0) is 4.79 Å². The molecule has 0 bridgehead atoms. The van der Waals surface area contributed by atoms with E-state index in [1.54, 1.807) is 0 Å². The number of likely N-dealkylation sites (tertiary alicyclic amines) is 1. The molecule has 20 heavy (non-hydrogen) atoms. The molecule has 1 aliphatic carbocycles. The van der Waals surface area contributed by atoms with Crippen molar-refractivity contribution < 1.29 is 4.79 Å². The first-order valence-electron chi connectivity index (χ1n) is 7.81. The van der Waals surface area contributed by atoms with E-state index < -0.39 is 0 Å². The topological polar surface area (TPSA) is 32.3 Å². The molecule has 1 heterocycles. The van der Waals surface area contributed by atoms with Gasteiger partial charge in [0.1, 0.15) is 0 Å². The Labute approximate surface area is 121 Å². The summed E-state index contributed by atoms with van der Waals surface area (Å²) in [5, 5.41) is 3.66. The predicted octanol–water partition coefficient (Wildman–Crippen LogP) is 2.53. The third kappa shape index (κ3) is 2.73. The summed E-state index contributed by atoms with van der Waals surface area (Å²) in [7, 11) is 1.90. The standard InChI is InChI=1S/C17H24N2O/c1-19-12-11-16(17(19)20)18-15-10-6-5-9-14(15)13-7-3-2-4-8-13/h2-4,7-8,14-16,18H,5-6,9-12H2,1H3. The number of carbonyl (C=O) groups is 1. The molecular weight excluding hydrogens is 248 g/mol. The number of nitrogens with zero attached hydrogens (tertiary/aromatic N) is 1. The van der Waals surface area contributed by atoms with Crippen LogP contribution < -0.4 is 5.32 Å². The summed E-state index contributed by atoms with van der Waals surface area (Å²) in [6.07, 6.45) is 5.95. The van der Waals surface area contributed by atoms with Crippen molar-refractivity contribution in [1.82, 2.24) is 10.2 Å². The Morgan fingerprint density at radius 2 is 1.85 bits per heavy atom. The number of hydrogen-bond acceptors (Lipinski definition) is 2. The molecule has 3 unspecified atom stereocenters. The largest absolute Gasteiger partial charge is 0.344 e. The molecule has 1 aliphatic heterocycles. The van der Waals surface area contributed by atoms with E-state index in [-0.39, 0.29) is 11.9 Å². The van der Waals surface area contributed by atoms with Gasteiger partial charge in [-0.05, 0) is 30.7 Å². The van der Waals surface area contributed by atoms with Gasteiger partial charge >= 0.3 is 0 Å². The van der Waals surface area contributed by atoms with Crippen molar-refractivity contribution in [3.8, 4) is 0 Å². The summed E-state index contributed by atoms with van der Waals surface area (Å²) < 4.78 is 0. The molecule has 3 rings (SSSR count). The Balaban J connectivity index is 1.71. The first kappa shape index (κ1) is 13.6. The Kier molecular flexibility index (Phi) is 4.06. The molecule has 0 aromatic heterocycles. The lowest BCUT2D eigenvalue weighted by atomic mass is 9.79. The fourth-order valence-electron chi connectivity index (χ4n) is 3.67. The average Bonchev–Trinajstić information content (AvgIpc) is 2.81. The average molecular weight is 272 g/mol. The van der Waals surface area contributed by atoms with Crippen LogP contribution in [0.25, 0.3) is 0 Å². The van der Waals surface area contributed by atoms with Crippen LogP contribution in [0.4, 0.5) is 0 Å². The highest BCUT2D eigenvalue weighted by Gasteiger charge is 2.34. The number of benzene rings is 1. The fourth-order valence-corrected chi connectivity index (χ4v) is 3.67. The predicted molar refractivity (Wildman–Crippen MR) is 80.6 cm³/mol. The van der Waals surface area contributed by atoms with Crippen LogP contribution in [0.5, 0.6) is 0 Å². The summed E-state index contributed by atoms with van der Waals surface area (Å²) >= 11 is 0.